The summed E-state index contributed by atoms with van der Waals surface area (Å²) in [5, 5.41) is 15.1. The van der Waals surface area contributed by atoms with Crippen molar-refractivity contribution >= 4 is 34.1 Å². The summed E-state index contributed by atoms with van der Waals surface area (Å²) in [6.07, 6.45) is 2.58. The molecule has 0 bridgehead atoms. The number of carbonyl (C=O) groups excluding carboxylic acids is 1. The number of rotatable bonds is 7. The van der Waals surface area contributed by atoms with E-state index in [2.05, 4.69) is 10.3 Å². The third-order valence-corrected chi connectivity index (χ3v) is 4.10. The monoisotopic (exact) mass is 373 g/mol. The Morgan fingerprint density at radius 3 is 2.88 bits per heavy atom. The van der Waals surface area contributed by atoms with Gasteiger partial charge in [0.1, 0.15) is 0 Å². The maximum absolute atomic E-state index is 11.9. The quantitative estimate of drug-likeness (QED) is 0.489. The summed E-state index contributed by atoms with van der Waals surface area (Å²) in [6.45, 7) is 0.128. The number of nitrogens with zero attached hydrogens (tertiary/aromatic N) is 1. The maximum Gasteiger partial charge on any atom is 0.312 e. The molecule has 1 heterocycles. The number of halogens is 1. The predicted octanol–water partition coefficient (Wildman–Crippen LogP) is 3.47. The van der Waals surface area contributed by atoms with E-state index in [4.69, 9.17) is 16.3 Å². The molecular formula is C18H16ClN3O4. The number of para-hydroxylation sites is 1. The van der Waals surface area contributed by atoms with Crippen molar-refractivity contribution in [1.29, 1.82) is 0 Å². The number of amides is 1. The van der Waals surface area contributed by atoms with E-state index in [1.54, 1.807) is 0 Å². The van der Waals surface area contributed by atoms with Crippen molar-refractivity contribution in [2.75, 3.05) is 13.2 Å². The van der Waals surface area contributed by atoms with Gasteiger partial charge >= 0.3 is 5.69 Å². The van der Waals surface area contributed by atoms with E-state index >= 15 is 0 Å². The van der Waals surface area contributed by atoms with Crippen LogP contribution < -0.4 is 10.1 Å². The molecule has 3 aromatic rings. The molecule has 0 saturated heterocycles. The minimum absolute atomic E-state index is 0.00572. The van der Waals surface area contributed by atoms with Gasteiger partial charge in [0.05, 0.1) is 4.92 Å². The minimum atomic E-state index is -0.601. The van der Waals surface area contributed by atoms with E-state index in [1.807, 2.05) is 30.5 Å². The fourth-order valence-electron chi connectivity index (χ4n) is 2.62. The van der Waals surface area contributed by atoms with Gasteiger partial charge in [-0.2, -0.15) is 0 Å². The van der Waals surface area contributed by atoms with Crippen LogP contribution in [0.15, 0.2) is 48.7 Å². The first kappa shape index (κ1) is 17.8. The van der Waals surface area contributed by atoms with E-state index in [0.29, 0.717) is 13.0 Å². The number of aromatic nitrogens is 1. The molecule has 2 N–H and O–H groups in total. The van der Waals surface area contributed by atoms with Crippen LogP contribution in [0.2, 0.25) is 5.02 Å². The predicted molar refractivity (Wildman–Crippen MR) is 98.6 cm³/mol. The van der Waals surface area contributed by atoms with Gasteiger partial charge < -0.3 is 15.0 Å². The zero-order valence-electron chi connectivity index (χ0n) is 13.7. The molecule has 0 aliphatic rings. The summed E-state index contributed by atoms with van der Waals surface area (Å²) < 4.78 is 5.25. The van der Waals surface area contributed by atoms with E-state index in [9.17, 15) is 14.9 Å². The van der Waals surface area contributed by atoms with Crippen molar-refractivity contribution in [2.45, 2.75) is 6.42 Å². The first-order valence-electron chi connectivity index (χ1n) is 7.93. The lowest BCUT2D eigenvalue weighted by Gasteiger charge is -2.08. The lowest BCUT2D eigenvalue weighted by molar-refractivity contribution is -0.385. The summed E-state index contributed by atoms with van der Waals surface area (Å²) in [6, 6.07) is 12.0. The standard InChI is InChI=1S/C18H16ClN3O4/c19-13-5-6-17(16(9-13)22(24)25)26-11-18(23)20-8-7-12-10-21-15-4-2-1-3-14(12)15/h1-6,9-10,21H,7-8,11H2,(H,20,23). The highest BCUT2D eigenvalue weighted by molar-refractivity contribution is 6.30. The zero-order valence-corrected chi connectivity index (χ0v) is 14.5. The summed E-state index contributed by atoms with van der Waals surface area (Å²) in [4.78, 5) is 25.5. The number of nitro benzene ring substituents is 1. The normalized spacial score (nSPS) is 10.7. The number of ether oxygens (including phenoxy) is 1. The van der Waals surface area contributed by atoms with Crippen molar-refractivity contribution in [3.8, 4) is 5.75 Å². The number of benzene rings is 2. The topological polar surface area (TPSA) is 97.3 Å². The Bertz CT molecular complexity index is 955. The average molecular weight is 374 g/mol. The van der Waals surface area contributed by atoms with Crippen LogP contribution >= 0.6 is 11.6 Å². The first-order valence-corrected chi connectivity index (χ1v) is 8.31. The molecule has 0 unspecified atom stereocenters. The van der Waals surface area contributed by atoms with Crippen molar-refractivity contribution in [3.05, 3.63) is 69.4 Å². The molecule has 2 aromatic carbocycles. The summed E-state index contributed by atoms with van der Waals surface area (Å²) in [5.74, 6) is -0.347. The van der Waals surface area contributed by atoms with Crippen LogP contribution in [0.25, 0.3) is 10.9 Å². The number of nitro groups is 1. The highest BCUT2D eigenvalue weighted by atomic mass is 35.5. The molecule has 8 heteroatoms. The van der Waals surface area contributed by atoms with Gasteiger partial charge in [0, 0.05) is 34.7 Å². The highest BCUT2D eigenvalue weighted by Crippen LogP contribution is 2.29. The van der Waals surface area contributed by atoms with Gasteiger partial charge in [0.15, 0.2) is 12.4 Å². The maximum atomic E-state index is 11.9. The molecule has 26 heavy (non-hydrogen) atoms. The summed E-state index contributed by atoms with van der Waals surface area (Å²) >= 11 is 5.74. The highest BCUT2D eigenvalue weighted by Gasteiger charge is 2.16. The Morgan fingerprint density at radius 2 is 2.08 bits per heavy atom. The van der Waals surface area contributed by atoms with E-state index in [1.165, 1.54) is 18.2 Å². The molecule has 0 saturated carbocycles. The van der Waals surface area contributed by atoms with Gasteiger partial charge in [0.25, 0.3) is 5.91 Å². The van der Waals surface area contributed by atoms with E-state index in [0.717, 1.165) is 16.5 Å². The fraction of sp³-hybridized carbons (Fsp3) is 0.167. The lowest BCUT2D eigenvalue weighted by atomic mass is 10.1. The van der Waals surface area contributed by atoms with Crippen molar-refractivity contribution in [1.82, 2.24) is 10.3 Å². The van der Waals surface area contributed by atoms with Crippen LogP contribution in [0.4, 0.5) is 5.69 Å². The van der Waals surface area contributed by atoms with Crippen LogP contribution in [-0.4, -0.2) is 29.0 Å². The Kier molecular flexibility index (Phi) is 5.38. The Hall–Kier alpha value is -3.06. The second-order valence-corrected chi connectivity index (χ2v) is 6.05. The molecule has 0 aliphatic heterocycles. The minimum Gasteiger partial charge on any atom is -0.477 e. The van der Waals surface area contributed by atoms with Crippen LogP contribution in [0.3, 0.4) is 0 Å². The van der Waals surface area contributed by atoms with Crippen molar-refractivity contribution in [2.24, 2.45) is 0 Å². The third kappa shape index (κ3) is 4.12. The number of nitrogens with one attached hydrogen (secondary N) is 2. The van der Waals surface area contributed by atoms with Crippen LogP contribution in [0.1, 0.15) is 5.56 Å². The molecular weight excluding hydrogens is 358 g/mol. The number of H-pyrrole nitrogens is 1. The van der Waals surface area contributed by atoms with Gasteiger partial charge in [-0.05, 0) is 30.2 Å². The fourth-order valence-corrected chi connectivity index (χ4v) is 2.79. The molecule has 7 nitrogen and oxygen atoms in total. The van der Waals surface area contributed by atoms with Crippen LogP contribution in [-0.2, 0) is 11.2 Å². The van der Waals surface area contributed by atoms with Gasteiger partial charge in [-0.3, -0.25) is 14.9 Å². The largest absolute Gasteiger partial charge is 0.477 e. The molecule has 0 atom stereocenters. The van der Waals surface area contributed by atoms with Gasteiger partial charge in [-0.15, -0.1) is 0 Å². The second kappa shape index (κ2) is 7.88. The number of carbonyl (C=O) groups is 1. The van der Waals surface area contributed by atoms with Crippen LogP contribution in [0, 0.1) is 10.1 Å². The van der Waals surface area contributed by atoms with Gasteiger partial charge in [-0.1, -0.05) is 29.8 Å². The first-order chi connectivity index (χ1) is 12.5. The Labute approximate surface area is 154 Å². The van der Waals surface area contributed by atoms with Gasteiger partial charge in [0.2, 0.25) is 0 Å². The molecule has 134 valence electrons. The molecule has 1 aromatic heterocycles. The Balaban J connectivity index is 1.51. The molecule has 0 radical (unpaired) electrons. The molecule has 0 spiro atoms. The SMILES string of the molecule is O=C(COc1ccc(Cl)cc1[N+](=O)[O-])NCCc1c[nH]c2ccccc12. The number of fused-ring (bicyclic) bond motifs is 1. The van der Waals surface area contributed by atoms with Gasteiger partial charge in [-0.25, -0.2) is 0 Å². The van der Waals surface area contributed by atoms with Crippen molar-refractivity contribution < 1.29 is 14.5 Å². The second-order valence-electron chi connectivity index (χ2n) is 5.62. The smallest absolute Gasteiger partial charge is 0.312 e. The summed E-state index contributed by atoms with van der Waals surface area (Å²) in [5.41, 5.74) is 1.88. The Morgan fingerprint density at radius 1 is 1.27 bits per heavy atom. The third-order valence-electron chi connectivity index (χ3n) is 3.87. The number of hydrogen-bond donors (Lipinski definition) is 2. The summed E-state index contributed by atoms with van der Waals surface area (Å²) in [7, 11) is 0. The number of hydrogen-bond acceptors (Lipinski definition) is 4. The zero-order chi connectivity index (χ0) is 18.5. The van der Waals surface area contributed by atoms with Crippen molar-refractivity contribution in [3.63, 3.8) is 0 Å². The molecule has 3 rings (SSSR count). The van der Waals surface area contributed by atoms with E-state index < -0.39 is 4.92 Å². The van der Waals surface area contributed by atoms with Crippen LogP contribution in [0.5, 0.6) is 5.75 Å². The number of aromatic amines is 1. The molecule has 0 aliphatic carbocycles. The molecule has 0 fully saturated rings. The average Bonchev–Trinajstić information content (AvgIpc) is 3.04. The lowest BCUT2D eigenvalue weighted by Crippen LogP contribution is -2.30. The van der Waals surface area contributed by atoms with E-state index in [-0.39, 0.29) is 29.0 Å². The molecule has 1 amide bonds.